The van der Waals surface area contributed by atoms with Gasteiger partial charge in [-0.05, 0) is 129 Å². The van der Waals surface area contributed by atoms with Crippen molar-refractivity contribution < 1.29 is 14.4 Å². The molecule has 3 fully saturated rings. The average Bonchev–Trinajstić information content (AvgIpc) is 3.13. The minimum Gasteiger partial charge on any atom is -0.343 e. The monoisotopic (exact) mass is 695 g/mol. The average molecular weight is 696 g/mol. The van der Waals surface area contributed by atoms with Crippen molar-refractivity contribution in [2.75, 3.05) is 51.6 Å². The van der Waals surface area contributed by atoms with Crippen molar-refractivity contribution in [1.29, 1.82) is 0 Å². The number of urea groups is 1. The summed E-state index contributed by atoms with van der Waals surface area (Å²) in [5, 5.41) is 3.05. The van der Waals surface area contributed by atoms with Crippen LogP contribution in [0.25, 0.3) is 0 Å². The van der Waals surface area contributed by atoms with Crippen molar-refractivity contribution in [2.24, 2.45) is 17.8 Å². The molecular weight excluding hydrogens is 635 g/mol. The number of carbonyl (C=O) groups is 3. The molecule has 8 heteroatoms. The number of anilines is 1. The van der Waals surface area contributed by atoms with E-state index in [4.69, 9.17) is 0 Å². The summed E-state index contributed by atoms with van der Waals surface area (Å²) in [6.07, 6.45) is 9.33. The van der Waals surface area contributed by atoms with E-state index in [9.17, 15) is 14.4 Å². The summed E-state index contributed by atoms with van der Waals surface area (Å²) in [4.78, 5) is 49.9. The van der Waals surface area contributed by atoms with Crippen LogP contribution in [0.1, 0.15) is 108 Å². The van der Waals surface area contributed by atoms with Gasteiger partial charge in [-0.3, -0.25) is 9.59 Å². The number of hydrogen-bond acceptors (Lipinski definition) is 4. The zero-order valence-electron chi connectivity index (χ0n) is 31.9. The van der Waals surface area contributed by atoms with E-state index in [0.29, 0.717) is 32.0 Å². The minimum atomic E-state index is -0.378. The highest BCUT2D eigenvalue weighted by Gasteiger charge is 2.39. The van der Waals surface area contributed by atoms with Gasteiger partial charge in [-0.2, -0.15) is 0 Å². The quantitative estimate of drug-likeness (QED) is 0.333. The van der Waals surface area contributed by atoms with Crippen molar-refractivity contribution in [1.82, 2.24) is 19.6 Å². The van der Waals surface area contributed by atoms with Gasteiger partial charge in [0.15, 0.2) is 0 Å². The molecule has 8 nitrogen and oxygen atoms in total. The molecule has 0 aromatic heterocycles. The number of benzene rings is 2. The summed E-state index contributed by atoms with van der Waals surface area (Å²) in [6, 6.07) is 14.9. The van der Waals surface area contributed by atoms with Crippen LogP contribution in [0.5, 0.6) is 0 Å². The number of para-hydroxylation sites is 1. The second-order valence-corrected chi connectivity index (χ2v) is 17.9. The first-order valence-electron chi connectivity index (χ1n) is 19.9. The maximum absolute atomic E-state index is 14.5. The van der Waals surface area contributed by atoms with Gasteiger partial charge in [0.25, 0.3) is 0 Å². The number of nitrogens with one attached hydrogen (secondary N) is 1. The van der Waals surface area contributed by atoms with Gasteiger partial charge in [-0.1, -0.05) is 64.1 Å². The van der Waals surface area contributed by atoms with E-state index in [0.717, 1.165) is 62.4 Å². The molecule has 1 aliphatic carbocycles. The number of nitrogens with zero attached hydrogens (tertiary/aromatic N) is 4. The molecule has 51 heavy (non-hydrogen) atoms. The fourth-order valence-electron chi connectivity index (χ4n) is 9.93. The Morgan fingerprint density at radius 3 is 2.08 bits per heavy atom. The third-order valence-electron chi connectivity index (χ3n) is 13.6. The zero-order valence-corrected chi connectivity index (χ0v) is 31.9. The number of likely N-dealkylation sites (tertiary alicyclic amines) is 3. The molecule has 0 saturated carbocycles. The molecule has 1 unspecified atom stereocenters. The van der Waals surface area contributed by atoms with E-state index < -0.39 is 0 Å². The number of hydrogen-bond donors (Lipinski definition) is 1. The van der Waals surface area contributed by atoms with Crippen LogP contribution in [0.2, 0.25) is 0 Å². The fourth-order valence-corrected chi connectivity index (χ4v) is 9.93. The predicted octanol–water partition coefficient (Wildman–Crippen LogP) is 7.20. The van der Waals surface area contributed by atoms with Crippen molar-refractivity contribution >= 4 is 23.5 Å². The molecular formula is C43H61N5O3. The first kappa shape index (κ1) is 36.0. The largest absolute Gasteiger partial charge is 0.343 e. The topological polar surface area (TPSA) is 76.2 Å². The van der Waals surface area contributed by atoms with Crippen molar-refractivity contribution in [3.8, 4) is 0 Å². The number of rotatable bonds is 7. The summed E-state index contributed by atoms with van der Waals surface area (Å²) in [5.74, 6) is 1.32. The van der Waals surface area contributed by atoms with Gasteiger partial charge < -0.3 is 24.9 Å². The van der Waals surface area contributed by atoms with Crippen LogP contribution in [0.3, 0.4) is 0 Å². The first-order chi connectivity index (χ1) is 24.4. The molecule has 1 atom stereocenters. The van der Waals surface area contributed by atoms with E-state index in [2.05, 4.69) is 74.1 Å². The Labute approximate surface area is 306 Å². The third kappa shape index (κ3) is 7.72. The van der Waals surface area contributed by atoms with Gasteiger partial charge in [-0.15, -0.1) is 0 Å². The van der Waals surface area contributed by atoms with E-state index in [-0.39, 0.29) is 47.1 Å². The van der Waals surface area contributed by atoms with Crippen LogP contribution in [0.15, 0.2) is 42.5 Å². The van der Waals surface area contributed by atoms with Crippen LogP contribution < -0.4 is 5.32 Å². The Kier molecular flexibility index (Phi) is 10.3. The molecule has 4 amide bonds. The molecule has 0 radical (unpaired) electrons. The van der Waals surface area contributed by atoms with E-state index in [1.165, 1.54) is 49.0 Å². The van der Waals surface area contributed by atoms with Gasteiger partial charge in [0, 0.05) is 50.9 Å². The SMILES string of the molecule is CN1CCC(C2CCN(C(=O)C(CC(=O)N3CCC(N4Cc5ccccc5NC4=O)CC3)Cc3ccc4c(c3)C(C)(C)CCC4(C)C)CC2)CC1. The maximum Gasteiger partial charge on any atom is 0.322 e. The van der Waals surface area contributed by atoms with E-state index in [1.807, 2.05) is 28.0 Å². The molecule has 3 saturated heterocycles. The molecule has 4 heterocycles. The molecule has 5 aliphatic rings. The fraction of sp³-hybridized carbons (Fsp3) is 0.651. The van der Waals surface area contributed by atoms with Gasteiger partial charge in [-0.25, -0.2) is 4.79 Å². The lowest BCUT2D eigenvalue weighted by atomic mass is 9.63. The lowest BCUT2D eigenvalue weighted by Crippen LogP contribution is -2.51. The van der Waals surface area contributed by atoms with Gasteiger partial charge in [0.2, 0.25) is 11.8 Å². The second-order valence-electron chi connectivity index (χ2n) is 17.9. The molecule has 2 aromatic rings. The Bertz CT molecular complexity index is 1590. The summed E-state index contributed by atoms with van der Waals surface area (Å²) < 4.78 is 0. The lowest BCUT2D eigenvalue weighted by molar-refractivity contribution is -0.143. The minimum absolute atomic E-state index is 0.0552. The first-order valence-corrected chi connectivity index (χ1v) is 19.9. The predicted molar refractivity (Wildman–Crippen MR) is 204 cm³/mol. The maximum atomic E-state index is 14.5. The van der Waals surface area contributed by atoms with Gasteiger partial charge in [0.05, 0.1) is 5.92 Å². The Balaban J connectivity index is 1.03. The van der Waals surface area contributed by atoms with Crippen LogP contribution in [-0.2, 0) is 33.4 Å². The third-order valence-corrected chi connectivity index (χ3v) is 13.6. The summed E-state index contributed by atoms with van der Waals surface area (Å²) in [6.45, 7) is 15.2. The van der Waals surface area contributed by atoms with Crippen LogP contribution in [0, 0.1) is 17.8 Å². The van der Waals surface area contributed by atoms with Gasteiger partial charge >= 0.3 is 6.03 Å². The van der Waals surface area contributed by atoms with Crippen LogP contribution >= 0.6 is 0 Å². The van der Waals surface area contributed by atoms with E-state index >= 15 is 0 Å². The normalized spacial score (nSPS) is 23.7. The molecule has 0 bridgehead atoms. The Morgan fingerprint density at radius 2 is 1.39 bits per heavy atom. The lowest BCUT2D eigenvalue weighted by Gasteiger charge is -2.42. The summed E-state index contributed by atoms with van der Waals surface area (Å²) >= 11 is 0. The molecule has 4 aliphatic heterocycles. The Hall–Kier alpha value is -3.39. The second kappa shape index (κ2) is 14.6. The smallest absolute Gasteiger partial charge is 0.322 e. The van der Waals surface area contributed by atoms with Gasteiger partial charge in [0.1, 0.15) is 0 Å². The zero-order chi connectivity index (χ0) is 35.9. The molecule has 0 spiro atoms. The van der Waals surface area contributed by atoms with Crippen molar-refractivity contribution in [2.45, 2.75) is 115 Å². The molecule has 7 rings (SSSR count). The number of amides is 4. The standard InChI is InChI=1S/C43H61N5O3/c1-42(2)18-19-43(3,4)37-27-30(10-11-36(37)42)26-34(40(50)47-22-14-32(15-23-47)31-12-20-45(5)21-13-31)28-39(49)46-24-16-35(17-25-46)48-29-33-8-6-7-9-38(33)44-41(48)51/h6-11,27,31-32,34-35H,12-26,28-29H2,1-5H3,(H,44,51). The number of fused-ring (bicyclic) bond motifs is 2. The highest BCUT2D eigenvalue weighted by molar-refractivity contribution is 5.92. The van der Waals surface area contributed by atoms with Crippen molar-refractivity contribution in [3.05, 3.63) is 64.7 Å². The molecule has 1 N–H and O–H groups in total. The summed E-state index contributed by atoms with van der Waals surface area (Å²) in [5.41, 5.74) is 6.23. The highest BCUT2D eigenvalue weighted by Crippen LogP contribution is 2.46. The van der Waals surface area contributed by atoms with Crippen LogP contribution in [-0.4, -0.2) is 89.8 Å². The highest BCUT2D eigenvalue weighted by atomic mass is 16.2. The number of piperidine rings is 3. The van der Waals surface area contributed by atoms with Crippen molar-refractivity contribution in [3.63, 3.8) is 0 Å². The van der Waals surface area contributed by atoms with E-state index in [1.54, 1.807) is 0 Å². The molecule has 276 valence electrons. The molecule has 2 aromatic carbocycles. The van der Waals surface area contributed by atoms with Crippen LogP contribution in [0.4, 0.5) is 10.5 Å². The number of carbonyl (C=O) groups excluding carboxylic acids is 3. The Morgan fingerprint density at radius 1 is 0.784 bits per heavy atom. The summed E-state index contributed by atoms with van der Waals surface area (Å²) in [7, 11) is 2.22.